The lowest BCUT2D eigenvalue weighted by molar-refractivity contribution is 0.0694. The summed E-state index contributed by atoms with van der Waals surface area (Å²) in [6, 6.07) is 9.28. The van der Waals surface area contributed by atoms with E-state index in [1.54, 1.807) is 18.2 Å². The summed E-state index contributed by atoms with van der Waals surface area (Å²) in [5.41, 5.74) is 0.0336. The van der Waals surface area contributed by atoms with Crippen LogP contribution in [0.4, 0.5) is 0 Å². The van der Waals surface area contributed by atoms with Gasteiger partial charge in [0, 0.05) is 16.1 Å². The third kappa shape index (κ3) is 3.41. The van der Waals surface area contributed by atoms with E-state index in [0.717, 1.165) is 0 Å². The number of hydrogen-bond donors (Lipinski definition) is 1. The fourth-order valence-corrected chi connectivity index (χ4v) is 2.36. The van der Waals surface area contributed by atoms with E-state index < -0.39 is 5.97 Å². The summed E-state index contributed by atoms with van der Waals surface area (Å²) in [4.78, 5) is 11.1. The lowest BCUT2D eigenvalue weighted by Gasteiger charge is -2.10. The molecule has 0 unspecified atom stereocenters. The van der Waals surface area contributed by atoms with E-state index in [4.69, 9.17) is 33.0 Å². The van der Waals surface area contributed by atoms with Crippen molar-refractivity contribution in [3.8, 4) is 11.5 Å². The molecule has 0 atom stereocenters. The van der Waals surface area contributed by atoms with Crippen LogP contribution in [0.3, 0.4) is 0 Å². The zero-order chi connectivity index (χ0) is 14.0. The Morgan fingerprint density at radius 2 is 1.68 bits per heavy atom. The molecule has 0 bridgehead atoms. The number of carboxylic acid groups (broad SMARTS) is 1. The Balaban J connectivity index is 2.42. The minimum Gasteiger partial charge on any atom is -0.478 e. The second kappa shape index (κ2) is 5.82. The number of benzene rings is 2. The van der Waals surface area contributed by atoms with Gasteiger partial charge in [0.15, 0.2) is 0 Å². The Morgan fingerprint density at radius 1 is 1.05 bits per heavy atom. The maximum absolute atomic E-state index is 11.1. The summed E-state index contributed by atoms with van der Waals surface area (Å²) in [5.74, 6) is -0.464. The van der Waals surface area contributed by atoms with Gasteiger partial charge in [-0.25, -0.2) is 4.79 Å². The van der Waals surface area contributed by atoms with Crippen LogP contribution in [0.25, 0.3) is 0 Å². The van der Waals surface area contributed by atoms with Crippen molar-refractivity contribution in [2.45, 2.75) is 0 Å². The molecule has 19 heavy (non-hydrogen) atoms. The van der Waals surface area contributed by atoms with Crippen LogP contribution in [-0.4, -0.2) is 11.1 Å². The molecule has 6 heteroatoms. The minimum atomic E-state index is -1.09. The molecule has 0 aliphatic rings. The van der Waals surface area contributed by atoms with Crippen LogP contribution in [0.15, 0.2) is 40.9 Å². The standard InChI is InChI=1S/C13H7BrCl2O3/c14-10-5-7(15)2-4-11(10)19-12-6-8(16)1-3-9(12)13(17)18/h1-6H,(H,17,18). The summed E-state index contributed by atoms with van der Waals surface area (Å²) >= 11 is 15.0. The largest absolute Gasteiger partial charge is 0.478 e. The highest BCUT2D eigenvalue weighted by molar-refractivity contribution is 9.10. The van der Waals surface area contributed by atoms with Crippen LogP contribution >= 0.6 is 39.1 Å². The Kier molecular flexibility index (Phi) is 4.34. The molecule has 0 amide bonds. The monoisotopic (exact) mass is 360 g/mol. The number of halogens is 3. The van der Waals surface area contributed by atoms with Gasteiger partial charge in [0.25, 0.3) is 0 Å². The SMILES string of the molecule is O=C(O)c1ccc(Cl)cc1Oc1ccc(Cl)cc1Br. The molecule has 2 aromatic rings. The van der Waals surface area contributed by atoms with E-state index in [-0.39, 0.29) is 11.3 Å². The van der Waals surface area contributed by atoms with E-state index in [9.17, 15) is 4.79 Å². The first-order valence-corrected chi connectivity index (χ1v) is 6.68. The second-order valence-corrected chi connectivity index (χ2v) is 5.35. The number of aromatic carboxylic acids is 1. The number of carbonyl (C=O) groups is 1. The fraction of sp³-hybridized carbons (Fsp3) is 0. The zero-order valence-electron chi connectivity index (χ0n) is 9.36. The summed E-state index contributed by atoms with van der Waals surface area (Å²) in [5, 5.41) is 10.0. The van der Waals surface area contributed by atoms with Crippen LogP contribution in [-0.2, 0) is 0 Å². The highest BCUT2D eigenvalue weighted by atomic mass is 79.9. The zero-order valence-corrected chi connectivity index (χ0v) is 12.5. The molecule has 0 saturated carbocycles. The van der Waals surface area contributed by atoms with Gasteiger partial charge in [-0.15, -0.1) is 0 Å². The van der Waals surface area contributed by atoms with Gasteiger partial charge in [-0.1, -0.05) is 23.2 Å². The smallest absolute Gasteiger partial charge is 0.339 e. The van der Waals surface area contributed by atoms with Gasteiger partial charge in [-0.2, -0.15) is 0 Å². The molecule has 1 N–H and O–H groups in total. The summed E-state index contributed by atoms with van der Waals surface area (Å²) < 4.78 is 6.19. The van der Waals surface area contributed by atoms with Gasteiger partial charge in [-0.05, 0) is 46.3 Å². The van der Waals surface area contributed by atoms with E-state index in [1.807, 2.05) is 0 Å². The van der Waals surface area contributed by atoms with Gasteiger partial charge in [0.2, 0.25) is 0 Å². The first-order valence-electron chi connectivity index (χ1n) is 5.13. The minimum absolute atomic E-state index is 0.0336. The number of ether oxygens (including phenoxy) is 1. The summed E-state index contributed by atoms with van der Waals surface area (Å²) in [7, 11) is 0. The van der Waals surface area contributed by atoms with Crippen molar-refractivity contribution in [2.24, 2.45) is 0 Å². The Bertz CT molecular complexity index is 644. The number of hydrogen-bond acceptors (Lipinski definition) is 2. The second-order valence-electron chi connectivity index (χ2n) is 3.62. The van der Waals surface area contributed by atoms with E-state index in [2.05, 4.69) is 15.9 Å². The van der Waals surface area contributed by atoms with Crippen molar-refractivity contribution in [1.82, 2.24) is 0 Å². The normalized spacial score (nSPS) is 10.3. The summed E-state index contributed by atoms with van der Waals surface area (Å²) in [6.07, 6.45) is 0. The van der Waals surface area contributed by atoms with Crippen molar-refractivity contribution in [3.63, 3.8) is 0 Å². The van der Waals surface area contributed by atoms with Gasteiger partial charge >= 0.3 is 5.97 Å². The van der Waals surface area contributed by atoms with Crippen LogP contribution in [0.1, 0.15) is 10.4 Å². The predicted molar refractivity (Wildman–Crippen MR) is 77.6 cm³/mol. The van der Waals surface area contributed by atoms with Gasteiger partial charge in [0.1, 0.15) is 17.1 Å². The Labute approximate surface area is 127 Å². The van der Waals surface area contributed by atoms with E-state index >= 15 is 0 Å². The molecular formula is C13H7BrCl2O3. The third-order valence-electron chi connectivity index (χ3n) is 2.29. The van der Waals surface area contributed by atoms with E-state index in [0.29, 0.717) is 20.3 Å². The average molecular weight is 362 g/mol. The van der Waals surface area contributed by atoms with Crippen molar-refractivity contribution in [3.05, 3.63) is 56.5 Å². The third-order valence-corrected chi connectivity index (χ3v) is 3.38. The van der Waals surface area contributed by atoms with Crippen molar-refractivity contribution < 1.29 is 14.6 Å². The molecule has 0 saturated heterocycles. The molecule has 0 radical (unpaired) electrons. The van der Waals surface area contributed by atoms with Crippen LogP contribution in [0.2, 0.25) is 10.0 Å². The van der Waals surface area contributed by atoms with Gasteiger partial charge < -0.3 is 9.84 Å². The topological polar surface area (TPSA) is 46.5 Å². The molecule has 0 aliphatic carbocycles. The molecule has 0 aliphatic heterocycles. The number of carboxylic acids is 1. The maximum atomic E-state index is 11.1. The van der Waals surface area contributed by atoms with Crippen molar-refractivity contribution in [1.29, 1.82) is 0 Å². The average Bonchev–Trinajstić information content (AvgIpc) is 2.32. The molecule has 2 aromatic carbocycles. The Hall–Kier alpha value is -1.23. The van der Waals surface area contributed by atoms with Crippen LogP contribution in [0.5, 0.6) is 11.5 Å². The fourth-order valence-electron chi connectivity index (χ4n) is 1.43. The van der Waals surface area contributed by atoms with Crippen molar-refractivity contribution in [2.75, 3.05) is 0 Å². The van der Waals surface area contributed by atoms with Crippen LogP contribution < -0.4 is 4.74 Å². The highest BCUT2D eigenvalue weighted by Gasteiger charge is 2.14. The molecule has 2 rings (SSSR count). The van der Waals surface area contributed by atoms with Gasteiger partial charge in [-0.3, -0.25) is 0 Å². The summed E-state index contributed by atoms with van der Waals surface area (Å²) in [6.45, 7) is 0. The first-order chi connectivity index (χ1) is 8.97. The quantitative estimate of drug-likeness (QED) is 0.812. The predicted octanol–water partition coefficient (Wildman–Crippen LogP) is 5.25. The molecule has 0 spiro atoms. The molecule has 0 aromatic heterocycles. The molecule has 98 valence electrons. The lowest BCUT2D eigenvalue weighted by atomic mass is 10.2. The molecule has 0 fully saturated rings. The maximum Gasteiger partial charge on any atom is 0.339 e. The lowest BCUT2D eigenvalue weighted by Crippen LogP contribution is -2.00. The Morgan fingerprint density at radius 3 is 2.32 bits per heavy atom. The van der Waals surface area contributed by atoms with Crippen molar-refractivity contribution >= 4 is 45.1 Å². The number of rotatable bonds is 3. The van der Waals surface area contributed by atoms with E-state index in [1.165, 1.54) is 18.2 Å². The van der Waals surface area contributed by atoms with Gasteiger partial charge in [0.05, 0.1) is 4.47 Å². The molecule has 3 nitrogen and oxygen atoms in total. The van der Waals surface area contributed by atoms with Crippen LogP contribution in [0, 0.1) is 0 Å². The first kappa shape index (κ1) is 14.2. The highest BCUT2D eigenvalue weighted by Crippen LogP contribution is 2.34. The molecule has 0 heterocycles. The molecular weight excluding hydrogens is 355 g/mol.